The van der Waals surface area contributed by atoms with Crippen LogP contribution in [0.25, 0.3) is 0 Å². The maximum atomic E-state index is 11.8. The quantitative estimate of drug-likeness (QED) is 0.319. The second-order valence-corrected chi connectivity index (χ2v) is 6.37. The SMILES string of the molecule is O=C(OC(=O)[C@H]1CCCCN1)C(O)C(O)C(=O)OC(=O)[C@H]1CCCCN1. The Hall–Kier alpha value is -1.88. The third kappa shape index (κ3) is 5.56. The van der Waals surface area contributed by atoms with E-state index in [9.17, 15) is 29.4 Å². The topological polar surface area (TPSA) is 151 Å². The zero-order valence-corrected chi connectivity index (χ0v) is 14.3. The van der Waals surface area contributed by atoms with E-state index in [0.29, 0.717) is 25.9 Å². The zero-order valence-electron chi connectivity index (χ0n) is 14.3. The lowest BCUT2D eigenvalue weighted by Crippen LogP contribution is -2.48. The minimum absolute atomic E-state index is 0.482. The van der Waals surface area contributed by atoms with E-state index in [4.69, 9.17) is 0 Å². The number of esters is 4. The summed E-state index contributed by atoms with van der Waals surface area (Å²) in [6.45, 7) is 1.20. The molecule has 0 bridgehead atoms. The van der Waals surface area contributed by atoms with Crippen LogP contribution < -0.4 is 10.6 Å². The molecule has 0 amide bonds. The van der Waals surface area contributed by atoms with Gasteiger partial charge in [-0.3, -0.25) is 0 Å². The lowest BCUT2D eigenvalue weighted by atomic mass is 10.1. The van der Waals surface area contributed by atoms with Gasteiger partial charge in [-0.2, -0.15) is 0 Å². The van der Waals surface area contributed by atoms with E-state index in [1.165, 1.54) is 0 Å². The molecule has 0 aromatic heterocycles. The van der Waals surface area contributed by atoms with Gasteiger partial charge in [0.05, 0.1) is 0 Å². The van der Waals surface area contributed by atoms with Gasteiger partial charge in [-0.25, -0.2) is 19.2 Å². The van der Waals surface area contributed by atoms with Crippen LogP contribution in [0.3, 0.4) is 0 Å². The Morgan fingerprint density at radius 3 is 1.42 bits per heavy atom. The summed E-state index contributed by atoms with van der Waals surface area (Å²) in [6, 6.07) is -1.36. The highest BCUT2D eigenvalue weighted by atomic mass is 16.6. The van der Waals surface area contributed by atoms with Gasteiger partial charge in [-0.15, -0.1) is 0 Å². The standard InChI is InChI=1S/C16H24N2O8/c19-11(15(23)25-13(21)9-5-1-3-7-17-9)12(20)16(24)26-14(22)10-6-2-4-8-18-10/h9-12,17-20H,1-8H2/t9-,10-,11?,12?/m1/s1. The van der Waals surface area contributed by atoms with Crippen molar-refractivity contribution < 1.29 is 38.9 Å². The lowest BCUT2D eigenvalue weighted by Gasteiger charge is -2.23. The highest BCUT2D eigenvalue weighted by Gasteiger charge is 2.37. The van der Waals surface area contributed by atoms with Crippen molar-refractivity contribution in [3.8, 4) is 0 Å². The number of ether oxygens (including phenoxy) is 2. The molecule has 0 spiro atoms. The monoisotopic (exact) mass is 372 g/mol. The van der Waals surface area contributed by atoms with E-state index in [2.05, 4.69) is 20.1 Å². The van der Waals surface area contributed by atoms with E-state index >= 15 is 0 Å². The van der Waals surface area contributed by atoms with Gasteiger partial charge in [-0.1, -0.05) is 12.8 Å². The zero-order chi connectivity index (χ0) is 19.1. The fourth-order valence-corrected chi connectivity index (χ4v) is 2.83. The van der Waals surface area contributed by atoms with Crippen LogP contribution in [0, 0.1) is 0 Å². The van der Waals surface area contributed by atoms with Crippen molar-refractivity contribution in [2.75, 3.05) is 13.1 Å². The summed E-state index contributed by atoms with van der Waals surface area (Å²) >= 11 is 0. The van der Waals surface area contributed by atoms with Crippen LogP contribution in [-0.2, 0) is 28.7 Å². The van der Waals surface area contributed by atoms with Gasteiger partial charge in [-0.05, 0) is 38.8 Å². The Balaban J connectivity index is 1.81. The maximum Gasteiger partial charge on any atom is 0.346 e. The molecule has 4 N–H and O–H groups in total. The molecule has 10 heteroatoms. The van der Waals surface area contributed by atoms with Gasteiger partial charge in [0.2, 0.25) is 0 Å². The molecule has 2 heterocycles. The summed E-state index contributed by atoms with van der Waals surface area (Å²) < 4.78 is 8.98. The minimum Gasteiger partial charge on any atom is -0.390 e. The molecule has 2 saturated heterocycles. The van der Waals surface area contributed by atoms with Crippen molar-refractivity contribution >= 4 is 23.9 Å². The first-order valence-corrected chi connectivity index (χ1v) is 8.74. The maximum absolute atomic E-state index is 11.8. The van der Waals surface area contributed by atoms with Crippen molar-refractivity contribution in [2.24, 2.45) is 0 Å². The molecule has 2 aliphatic rings. The average Bonchev–Trinajstić information content (AvgIpc) is 2.67. The van der Waals surface area contributed by atoms with Crippen LogP contribution in [0.15, 0.2) is 0 Å². The van der Waals surface area contributed by atoms with Crippen LogP contribution in [0.5, 0.6) is 0 Å². The Labute approximate surface area is 150 Å². The van der Waals surface area contributed by atoms with Crippen LogP contribution in [-0.4, -0.2) is 71.5 Å². The van der Waals surface area contributed by atoms with Crippen molar-refractivity contribution in [1.29, 1.82) is 0 Å². The number of nitrogens with one attached hydrogen (secondary N) is 2. The van der Waals surface area contributed by atoms with Gasteiger partial charge in [0.1, 0.15) is 12.1 Å². The molecule has 0 radical (unpaired) electrons. The van der Waals surface area contributed by atoms with E-state index < -0.39 is 48.2 Å². The summed E-state index contributed by atoms with van der Waals surface area (Å²) in [7, 11) is 0. The molecule has 2 rings (SSSR count). The largest absolute Gasteiger partial charge is 0.390 e. The van der Waals surface area contributed by atoms with Crippen molar-refractivity contribution in [2.45, 2.75) is 62.8 Å². The summed E-state index contributed by atoms with van der Waals surface area (Å²) in [5, 5.41) is 25.1. The third-order valence-corrected chi connectivity index (χ3v) is 4.37. The number of aliphatic hydroxyl groups is 2. The first kappa shape index (κ1) is 20.4. The second-order valence-electron chi connectivity index (χ2n) is 6.37. The number of hydrogen-bond acceptors (Lipinski definition) is 10. The molecule has 2 aliphatic heterocycles. The lowest BCUT2D eigenvalue weighted by molar-refractivity contribution is -0.182. The molecule has 0 aliphatic carbocycles. The summed E-state index contributed by atoms with van der Waals surface area (Å²) in [5.41, 5.74) is 0. The number of aliphatic hydroxyl groups excluding tert-OH is 2. The third-order valence-electron chi connectivity index (χ3n) is 4.37. The highest BCUT2D eigenvalue weighted by molar-refractivity contribution is 5.96. The summed E-state index contributed by atoms with van der Waals surface area (Å²) in [4.78, 5) is 47.1. The van der Waals surface area contributed by atoms with Crippen LogP contribution in [0.1, 0.15) is 38.5 Å². The summed E-state index contributed by atoms with van der Waals surface area (Å²) in [5.74, 6) is -4.74. The van der Waals surface area contributed by atoms with Crippen molar-refractivity contribution in [1.82, 2.24) is 10.6 Å². The Morgan fingerprint density at radius 1 is 0.731 bits per heavy atom. The van der Waals surface area contributed by atoms with E-state index in [1.807, 2.05) is 0 Å². The average molecular weight is 372 g/mol. The molecule has 26 heavy (non-hydrogen) atoms. The van der Waals surface area contributed by atoms with Crippen LogP contribution in [0.4, 0.5) is 0 Å². The fraction of sp³-hybridized carbons (Fsp3) is 0.750. The molecular weight excluding hydrogens is 348 g/mol. The van der Waals surface area contributed by atoms with Gasteiger partial charge in [0, 0.05) is 0 Å². The van der Waals surface area contributed by atoms with Gasteiger partial charge in [0.25, 0.3) is 0 Å². The van der Waals surface area contributed by atoms with Crippen molar-refractivity contribution in [3.63, 3.8) is 0 Å². The molecular formula is C16H24N2O8. The highest BCUT2D eigenvalue weighted by Crippen LogP contribution is 2.11. The van der Waals surface area contributed by atoms with Gasteiger partial charge in [0.15, 0.2) is 12.2 Å². The molecule has 0 saturated carbocycles. The van der Waals surface area contributed by atoms with Crippen LogP contribution >= 0.6 is 0 Å². The van der Waals surface area contributed by atoms with E-state index in [1.54, 1.807) is 0 Å². The Bertz CT molecular complexity index is 492. The molecule has 2 fully saturated rings. The minimum atomic E-state index is -2.33. The molecule has 2 unspecified atom stereocenters. The number of carbonyl (C=O) groups excluding carboxylic acids is 4. The summed E-state index contributed by atoms with van der Waals surface area (Å²) in [6.07, 6.45) is -0.329. The fourth-order valence-electron chi connectivity index (χ4n) is 2.83. The molecule has 10 nitrogen and oxygen atoms in total. The van der Waals surface area contributed by atoms with E-state index in [0.717, 1.165) is 25.7 Å². The number of hydrogen-bond donors (Lipinski definition) is 4. The molecule has 4 atom stereocenters. The van der Waals surface area contributed by atoms with Gasteiger partial charge >= 0.3 is 23.9 Å². The van der Waals surface area contributed by atoms with Crippen LogP contribution in [0.2, 0.25) is 0 Å². The second kappa shape index (κ2) is 9.72. The number of piperidine rings is 2. The van der Waals surface area contributed by atoms with Gasteiger partial charge < -0.3 is 30.3 Å². The Kier molecular flexibility index (Phi) is 7.64. The normalized spacial score (nSPS) is 25.6. The van der Waals surface area contributed by atoms with E-state index in [-0.39, 0.29) is 0 Å². The Morgan fingerprint density at radius 2 is 1.12 bits per heavy atom. The van der Waals surface area contributed by atoms with Crippen molar-refractivity contribution in [3.05, 3.63) is 0 Å². The molecule has 0 aromatic carbocycles. The predicted octanol–water partition coefficient (Wildman–Crippen LogP) is -1.87. The first-order valence-electron chi connectivity index (χ1n) is 8.74. The predicted molar refractivity (Wildman–Crippen MR) is 85.5 cm³/mol. The first-order chi connectivity index (χ1) is 12.4. The smallest absolute Gasteiger partial charge is 0.346 e. The molecule has 0 aromatic rings. The number of carbonyl (C=O) groups is 4. The number of rotatable bonds is 5. The molecule has 146 valence electrons.